The van der Waals surface area contributed by atoms with Crippen LogP contribution in [-0.2, 0) is 16.1 Å². The molecule has 1 aliphatic heterocycles. The van der Waals surface area contributed by atoms with E-state index in [0.717, 1.165) is 5.56 Å². The molecule has 1 N–H and O–H groups in total. The van der Waals surface area contributed by atoms with Gasteiger partial charge in [-0.05, 0) is 48.4 Å². The van der Waals surface area contributed by atoms with Crippen LogP contribution in [0.15, 0.2) is 42.5 Å². The molecule has 1 atom stereocenters. The summed E-state index contributed by atoms with van der Waals surface area (Å²) in [5.74, 6) is -0.688. The van der Waals surface area contributed by atoms with Crippen molar-refractivity contribution >= 4 is 35.2 Å². The number of halogens is 2. The zero-order valence-corrected chi connectivity index (χ0v) is 18.7. The lowest BCUT2D eigenvalue weighted by molar-refractivity contribution is -0.130. The van der Waals surface area contributed by atoms with Gasteiger partial charge in [0.05, 0.1) is 10.6 Å². The van der Waals surface area contributed by atoms with Gasteiger partial charge in [0.1, 0.15) is 11.9 Å². The first-order valence-electron chi connectivity index (χ1n) is 10.2. The fourth-order valence-electron chi connectivity index (χ4n) is 3.72. The number of amides is 2. The minimum absolute atomic E-state index is 0.00366. The normalized spacial score (nSPS) is 16.7. The largest absolute Gasteiger partial charge is 0.334 e. The Hall–Kier alpha value is -3.21. The maximum atomic E-state index is 13.1. The third-order valence-corrected chi connectivity index (χ3v) is 5.60. The van der Waals surface area contributed by atoms with E-state index in [2.05, 4.69) is 10.2 Å². The third-order valence-electron chi connectivity index (χ3n) is 5.29. The molecule has 0 unspecified atom stereocenters. The van der Waals surface area contributed by atoms with E-state index in [4.69, 9.17) is 11.6 Å². The van der Waals surface area contributed by atoms with E-state index >= 15 is 0 Å². The molecule has 32 heavy (non-hydrogen) atoms. The van der Waals surface area contributed by atoms with Crippen molar-refractivity contribution in [2.75, 3.05) is 25.0 Å². The van der Waals surface area contributed by atoms with Crippen LogP contribution in [0.1, 0.15) is 30.5 Å². The number of carbonyl (C=O) groups is 2. The van der Waals surface area contributed by atoms with Crippen molar-refractivity contribution in [3.05, 3.63) is 70.0 Å². The van der Waals surface area contributed by atoms with Crippen LogP contribution in [0.25, 0.3) is 6.08 Å². The maximum Gasteiger partial charge on any atom is 0.246 e. The van der Waals surface area contributed by atoms with Gasteiger partial charge in [-0.15, -0.1) is 0 Å². The highest BCUT2D eigenvalue weighted by Gasteiger charge is 2.26. The van der Waals surface area contributed by atoms with Gasteiger partial charge in [-0.1, -0.05) is 23.7 Å². The van der Waals surface area contributed by atoms with Gasteiger partial charge in [-0.3, -0.25) is 14.5 Å². The number of nitriles is 1. The van der Waals surface area contributed by atoms with Crippen molar-refractivity contribution in [1.29, 1.82) is 5.26 Å². The topological polar surface area (TPSA) is 76.4 Å². The number of rotatable bonds is 5. The van der Waals surface area contributed by atoms with Crippen LogP contribution in [-0.4, -0.2) is 47.3 Å². The summed E-state index contributed by atoms with van der Waals surface area (Å²) < 4.78 is 13.1. The SMILES string of the molecule is CC(=O)Nc1cc(Cl)c(C#N)cc1C=CC(=O)N1CCN(Cc2ccc(F)cc2)C[C@H]1C. The minimum atomic E-state index is -0.280. The number of piperazine rings is 1. The summed E-state index contributed by atoms with van der Waals surface area (Å²) in [7, 11) is 0. The lowest BCUT2D eigenvalue weighted by Gasteiger charge is -2.39. The van der Waals surface area contributed by atoms with E-state index in [-0.39, 0.29) is 34.3 Å². The summed E-state index contributed by atoms with van der Waals surface area (Å²) in [6.07, 6.45) is 3.03. The first-order valence-corrected chi connectivity index (χ1v) is 10.6. The van der Waals surface area contributed by atoms with E-state index in [9.17, 15) is 19.2 Å². The maximum absolute atomic E-state index is 13.1. The zero-order valence-electron chi connectivity index (χ0n) is 17.9. The average molecular weight is 455 g/mol. The van der Waals surface area contributed by atoms with Crippen LogP contribution in [0, 0.1) is 17.1 Å². The van der Waals surface area contributed by atoms with E-state index in [1.165, 1.54) is 31.2 Å². The standard InChI is InChI=1S/C24H24ClFN4O2/c1-16-14-29(15-18-3-6-21(26)7-4-18)9-10-30(16)24(32)8-5-19-11-20(13-27)22(25)12-23(19)28-17(2)31/h3-8,11-12,16H,9-10,14-15H2,1-2H3,(H,28,31)/t16-/m1/s1. The second-order valence-electron chi connectivity index (χ2n) is 7.79. The second kappa shape index (κ2) is 10.4. The highest BCUT2D eigenvalue weighted by atomic mass is 35.5. The van der Waals surface area contributed by atoms with Crippen molar-refractivity contribution in [2.45, 2.75) is 26.4 Å². The second-order valence-corrected chi connectivity index (χ2v) is 8.20. The summed E-state index contributed by atoms with van der Waals surface area (Å²) in [6, 6.07) is 11.5. The van der Waals surface area contributed by atoms with E-state index < -0.39 is 0 Å². The first kappa shape index (κ1) is 23.5. The monoisotopic (exact) mass is 454 g/mol. The van der Waals surface area contributed by atoms with Gasteiger partial charge < -0.3 is 10.2 Å². The Morgan fingerprint density at radius 1 is 1.28 bits per heavy atom. The summed E-state index contributed by atoms with van der Waals surface area (Å²) >= 11 is 6.07. The van der Waals surface area contributed by atoms with Crippen LogP contribution < -0.4 is 5.32 Å². The Bertz CT molecular complexity index is 1080. The van der Waals surface area contributed by atoms with Crippen molar-refractivity contribution < 1.29 is 14.0 Å². The molecule has 0 aliphatic carbocycles. The molecule has 8 heteroatoms. The lowest BCUT2D eigenvalue weighted by atomic mass is 10.1. The Balaban J connectivity index is 1.68. The van der Waals surface area contributed by atoms with Gasteiger partial charge in [-0.25, -0.2) is 4.39 Å². The van der Waals surface area contributed by atoms with Crippen LogP contribution in [0.4, 0.5) is 10.1 Å². The number of nitrogens with one attached hydrogen (secondary N) is 1. The van der Waals surface area contributed by atoms with Gasteiger partial charge in [0.15, 0.2) is 0 Å². The van der Waals surface area contributed by atoms with Gasteiger partial charge in [0, 0.05) is 50.9 Å². The lowest BCUT2D eigenvalue weighted by Crippen LogP contribution is -2.53. The molecule has 3 rings (SSSR count). The number of benzene rings is 2. The van der Waals surface area contributed by atoms with Crippen LogP contribution in [0.2, 0.25) is 5.02 Å². The molecule has 2 aromatic rings. The molecule has 1 heterocycles. The average Bonchev–Trinajstić information content (AvgIpc) is 2.74. The van der Waals surface area contributed by atoms with Crippen LogP contribution in [0.3, 0.4) is 0 Å². The molecule has 1 fully saturated rings. The summed E-state index contributed by atoms with van der Waals surface area (Å²) in [6.45, 7) is 6.03. The molecular formula is C24H24ClFN4O2. The summed E-state index contributed by atoms with van der Waals surface area (Å²) in [5.41, 5.74) is 2.25. The molecule has 0 bridgehead atoms. The van der Waals surface area contributed by atoms with E-state index in [0.29, 0.717) is 37.4 Å². The fraction of sp³-hybridized carbons (Fsp3) is 0.292. The minimum Gasteiger partial charge on any atom is -0.334 e. The van der Waals surface area contributed by atoms with Gasteiger partial charge >= 0.3 is 0 Å². The molecular weight excluding hydrogens is 431 g/mol. The van der Waals surface area contributed by atoms with Gasteiger partial charge in [-0.2, -0.15) is 5.26 Å². The predicted octanol–water partition coefficient (Wildman–Crippen LogP) is 4.06. The molecule has 6 nitrogen and oxygen atoms in total. The highest BCUT2D eigenvalue weighted by Crippen LogP contribution is 2.26. The molecule has 1 saturated heterocycles. The number of nitrogens with zero attached hydrogens (tertiary/aromatic N) is 3. The van der Waals surface area contributed by atoms with E-state index in [1.54, 1.807) is 29.2 Å². The third kappa shape index (κ3) is 5.94. The molecule has 2 amide bonds. The van der Waals surface area contributed by atoms with Gasteiger partial charge in [0.25, 0.3) is 0 Å². The van der Waals surface area contributed by atoms with Crippen molar-refractivity contribution in [2.24, 2.45) is 0 Å². The zero-order chi connectivity index (χ0) is 23.3. The molecule has 0 aromatic heterocycles. The Labute approximate surface area is 191 Å². The first-order chi connectivity index (χ1) is 15.3. The molecule has 0 saturated carbocycles. The van der Waals surface area contributed by atoms with E-state index in [1.807, 2.05) is 13.0 Å². The van der Waals surface area contributed by atoms with Crippen LogP contribution in [0.5, 0.6) is 0 Å². The highest BCUT2D eigenvalue weighted by molar-refractivity contribution is 6.32. The predicted molar refractivity (Wildman–Crippen MR) is 122 cm³/mol. The molecule has 1 aliphatic rings. The number of hydrogen-bond donors (Lipinski definition) is 1. The fourth-order valence-corrected chi connectivity index (χ4v) is 3.93. The number of anilines is 1. The van der Waals surface area contributed by atoms with Crippen molar-refractivity contribution in [1.82, 2.24) is 9.80 Å². The number of hydrogen-bond acceptors (Lipinski definition) is 4. The summed E-state index contributed by atoms with van der Waals surface area (Å²) in [4.78, 5) is 28.4. The molecule has 0 radical (unpaired) electrons. The Morgan fingerprint density at radius 3 is 2.62 bits per heavy atom. The smallest absolute Gasteiger partial charge is 0.246 e. The Kier molecular flexibility index (Phi) is 7.62. The van der Waals surface area contributed by atoms with Crippen molar-refractivity contribution in [3.8, 4) is 6.07 Å². The quantitative estimate of drug-likeness (QED) is 0.691. The Morgan fingerprint density at radius 2 is 2.00 bits per heavy atom. The molecule has 166 valence electrons. The van der Waals surface area contributed by atoms with Gasteiger partial charge in [0.2, 0.25) is 11.8 Å². The summed E-state index contributed by atoms with van der Waals surface area (Å²) in [5, 5.41) is 12.1. The molecule has 2 aromatic carbocycles. The molecule has 0 spiro atoms. The number of carbonyl (C=O) groups excluding carboxylic acids is 2. The van der Waals surface area contributed by atoms with Crippen LogP contribution >= 0.6 is 11.6 Å². The van der Waals surface area contributed by atoms with Crippen molar-refractivity contribution in [3.63, 3.8) is 0 Å².